The predicted molar refractivity (Wildman–Crippen MR) is 80.7 cm³/mol. The van der Waals surface area contributed by atoms with E-state index in [-0.39, 0.29) is 0 Å². The van der Waals surface area contributed by atoms with Gasteiger partial charge in [-0.2, -0.15) is 0 Å². The Hall–Kier alpha value is -1.04. The van der Waals surface area contributed by atoms with Crippen LogP contribution in [0.15, 0.2) is 30.3 Å². The molecule has 0 aliphatic carbocycles. The SMILES string of the molecule is CCCCCC/C=[C]\c1ccc(CCCC)cc1. The molecule has 0 saturated carbocycles. The van der Waals surface area contributed by atoms with Crippen molar-refractivity contribution in [3.63, 3.8) is 0 Å². The largest absolute Gasteiger partial charge is 0.0760 e. The van der Waals surface area contributed by atoms with Gasteiger partial charge in [-0.1, -0.05) is 69.9 Å². The molecule has 1 rings (SSSR count). The van der Waals surface area contributed by atoms with E-state index in [4.69, 9.17) is 0 Å². The summed E-state index contributed by atoms with van der Waals surface area (Å²) >= 11 is 0. The minimum atomic E-state index is 1.16. The van der Waals surface area contributed by atoms with Crippen LogP contribution in [-0.2, 0) is 6.42 Å². The quantitative estimate of drug-likeness (QED) is 0.487. The average molecular weight is 243 g/mol. The number of benzene rings is 1. The van der Waals surface area contributed by atoms with Gasteiger partial charge in [0.25, 0.3) is 0 Å². The first kappa shape index (κ1) is 15.0. The van der Waals surface area contributed by atoms with Gasteiger partial charge in [-0.05, 0) is 42.9 Å². The summed E-state index contributed by atoms with van der Waals surface area (Å²) in [5.74, 6) is 0. The van der Waals surface area contributed by atoms with Crippen LogP contribution in [-0.4, -0.2) is 0 Å². The topological polar surface area (TPSA) is 0 Å². The first-order valence-corrected chi connectivity index (χ1v) is 7.54. The molecule has 0 heteroatoms. The molecule has 0 aliphatic rings. The Labute approximate surface area is 113 Å². The van der Waals surface area contributed by atoms with Crippen molar-refractivity contribution in [3.05, 3.63) is 47.5 Å². The van der Waals surface area contributed by atoms with Crippen molar-refractivity contribution in [2.24, 2.45) is 0 Å². The van der Waals surface area contributed by atoms with Crippen LogP contribution in [0.3, 0.4) is 0 Å². The number of aryl methyl sites for hydroxylation is 1. The normalized spacial score (nSPS) is 11.2. The van der Waals surface area contributed by atoms with Crippen molar-refractivity contribution >= 4 is 0 Å². The summed E-state index contributed by atoms with van der Waals surface area (Å²) in [5, 5.41) is 0. The second-order valence-corrected chi connectivity index (χ2v) is 5.00. The number of allylic oxidation sites excluding steroid dienone is 1. The minimum Gasteiger partial charge on any atom is -0.0760 e. The molecule has 0 heterocycles. The summed E-state index contributed by atoms with van der Waals surface area (Å²) in [6.45, 7) is 4.49. The molecule has 0 amide bonds. The summed E-state index contributed by atoms with van der Waals surface area (Å²) in [6, 6.07) is 8.85. The van der Waals surface area contributed by atoms with E-state index in [0.717, 1.165) is 6.42 Å². The second-order valence-electron chi connectivity index (χ2n) is 5.00. The molecule has 0 bridgehead atoms. The van der Waals surface area contributed by atoms with Gasteiger partial charge in [0.05, 0.1) is 0 Å². The molecule has 0 saturated heterocycles. The van der Waals surface area contributed by atoms with E-state index in [2.05, 4.69) is 50.3 Å². The zero-order chi connectivity index (χ0) is 13.1. The van der Waals surface area contributed by atoms with E-state index in [1.54, 1.807) is 0 Å². The summed E-state index contributed by atoms with van der Waals surface area (Å²) < 4.78 is 0. The van der Waals surface area contributed by atoms with Gasteiger partial charge in [0.1, 0.15) is 0 Å². The Balaban J connectivity index is 2.27. The molecule has 0 spiro atoms. The highest BCUT2D eigenvalue weighted by atomic mass is 14.0. The molecule has 18 heavy (non-hydrogen) atoms. The van der Waals surface area contributed by atoms with Gasteiger partial charge in [-0.25, -0.2) is 0 Å². The van der Waals surface area contributed by atoms with E-state index < -0.39 is 0 Å². The highest BCUT2D eigenvalue weighted by Gasteiger charge is 1.92. The monoisotopic (exact) mass is 243 g/mol. The molecule has 0 nitrogen and oxygen atoms in total. The zero-order valence-corrected chi connectivity index (χ0v) is 12.0. The van der Waals surface area contributed by atoms with Gasteiger partial charge in [0, 0.05) is 0 Å². The third kappa shape index (κ3) is 6.64. The molecule has 1 radical (unpaired) electrons. The van der Waals surface area contributed by atoms with Crippen molar-refractivity contribution in [3.8, 4) is 0 Å². The molecular weight excluding hydrogens is 216 g/mol. The van der Waals surface area contributed by atoms with E-state index in [0.29, 0.717) is 0 Å². The Bertz CT molecular complexity index is 318. The summed E-state index contributed by atoms with van der Waals surface area (Å²) in [4.78, 5) is 0. The molecule has 0 aliphatic heterocycles. The summed E-state index contributed by atoms with van der Waals surface area (Å²) in [5.41, 5.74) is 2.66. The fraction of sp³-hybridized carbons (Fsp3) is 0.556. The van der Waals surface area contributed by atoms with Crippen LogP contribution in [0.5, 0.6) is 0 Å². The molecular formula is C18H27. The molecule has 1 aromatic carbocycles. The van der Waals surface area contributed by atoms with Gasteiger partial charge >= 0.3 is 0 Å². The van der Waals surface area contributed by atoms with E-state index in [1.807, 2.05) is 0 Å². The lowest BCUT2D eigenvalue weighted by Gasteiger charge is -2.00. The fourth-order valence-corrected chi connectivity index (χ4v) is 2.01. The average Bonchev–Trinajstić information content (AvgIpc) is 2.42. The van der Waals surface area contributed by atoms with Crippen LogP contribution in [0, 0.1) is 6.08 Å². The Morgan fingerprint density at radius 2 is 1.61 bits per heavy atom. The molecule has 0 atom stereocenters. The van der Waals surface area contributed by atoms with E-state index in [9.17, 15) is 0 Å². The second kappa shape index (κ2) is 9.94. The van der Waals surface area contributed by atoms with Crippen molar-refractivity contribution in [1.82, 2.24) is 0 Å². The number of hydrogen-bond donors (Lipinski definition) is 0. The first-order chi connectivity index (χ1) is 8.86. The predicted octanol–water partition coefficient (Wildman–Crippen LogP) is 5.71. The maximum atomic E-state index is 3.38. The zero-order valence-electron chi connectivity index (χ0n) is 12.0. The van der Waals surface area contributed by atoms with Crippen molar-refractivity contribution in [2.45, 2.75) is 65.2 Å². The summed E-state index contributed by atoms with van der Waals surface area (Å²) in [6.07, 6.45) is 15.8. The smallest absolute Gasteiger partial charge is 0.0149 e. The lowest BCUT2D eigenvalue weighted by atomic mass is 10.1. The van der Waals surface area contributed by atoms with Crippen LogP contribution in [0.1, 0.15) is 69.9 Å². The Kier molecular flexibility index (Phi) is 8.29. The highest BCUT2D eigenvalue weighted by molar-refractivity contribution is 5.27. The van der Waals surface area contributed by atoms with Crippen LogP contribution >= 0.6 is 0 Å². The highest BCUT2D eigenvalue weighted by Crippen LogP contribution is 2.09. The maximum absolute atomic E-state index is 3.38. The van der Waals surface area contributed by atoms with Crippen molar-refractivity contribution < 1.29 is 0 Å². The maximum Gasteiger partial charge on any atom is -0.0149 e. The van der Waals surface area contributed by atoms with Crippen LogP contribution in [0.4, 0.5) is 0 Å². The Morgan fingerprint density at radius 1 is 0.889 bits per heavy atom. The van der Waals surface area contributed by atoms with Crippen LogP contribution in [0.2, 0.25) is 0 Å². The van der Waals surface area contributed by atoms with E-state index >= 15 is 0 Å². The minimum absolute atomic E-state index is 1.16. The van der Waals surface area contributed by atoms with Gasteiger partial charge in [0.2, 0.25) is 0 Å². The molecule has 0 aromatic heterocycles. The van der Waals surface area contributed by atoms with Crippen LogP contribution < -0.4 is 0 Å². The Morgan fingerprint density at radius 3 is 2.28 bits per heavy atom. The number of rotatable bonds is 9. The van der Waals surface area contributed by atoms with Gasteiger partial charge in [-0.15, -0.1) is 0 Å². The summed E-state index contributed by atoms with van der Waals surface area (Å²) in [7, 11) is 0. The standard InChI is InChI=1S/C18H27/c1-3-5-7-8-9-10-12-18-15-13-17(14-16-18)11-6-4-2/h10,13-16H,3-9,11H2,1-2H3. The lowest BCUT2D eigenvalue weighted by Crippen LogP contribution is -1.84. The lowest BCUT2D eigenvalue weighted by molar-refractivity contribution is 0.674. The van der Waals surface area contributed by atoms with Gasteiger partial charge < -0.3 is 0 Å². The molecule has 0 unspecified atom stereocenters. The fourth-order valence-electron chi connectivity index (χ4n) is 2.01. The molecule has 1 aromatic rings. The van der Waals surface area contributed by atoms with Crippen molar-refractivity contribution in [1.29, 1.82) is 0 Å². The van der Waals surface area contributed by atoms with Gasteiger partial charge in [-0.3, -0.25) is 0 Å². The van der Waals surface area contributed by atoms with Crippen LogP contribution in [0.25, 0.3) is 0 Å². The first-order valence-electron chi connectivity index (χ1n) is 7.54. The third-order valence-electron chi connectivity index (χ3n) is 3.24. The van der Waals surface area contributed by atoms with E-state index in [1.165, 1.54) is 56.1 Å². The number of unbranched alkanes of at least 4 members (excludes halogenated alkanes) is 5. The number of hydrogen-bond acceptors (Lipinski definition) is 0. The molecule has 0 fully saturated rings. The molecule has 0 N–H and O–H groups in total. The third-order valence-corrected chi connectivity index (χ3v) is 3.24. The molecule has 99 valence electrons. The van der Waals surface area contributed by atoms with Gasteiger partial charge in [0.15, 0.2) is 0 Å². The van der Waals surface area contributed by atoms with Crippen molar-refractivity contribution in [2.75, 3.05) is 0 Å².